The fourth-order valence-electron chi connectivity index (χ4n) is 3.50. The third-order valence-electron chi connectivity index (χ3n) is 4.76. The summed E-state index contributed by atoms with van der Waals surface area (Å²) in [4.78, 5) is 24.0. The highest BCUT2D eigenvalue weighted by molar-refractivity contribution is 8.00. The maximum absolute atomic E-state index is 12.6. The summed E-state index contributed by atoms with van der Waals surface area (Å²) in [5.74, 6) is 0.717. The minimum absolute atomic E-state index is 0.0120. The molecular weight excluding hydrogens is 364 g/mol. The zero-order valence-electron chi connectivity index (χ0n) is 14.0. The van der Waals surface area contributed by atoms with Crippen molar-refractivity contribution in [2.45, 2.75) is 30.7 Å². The lowest BCUT2D eigenvalue weighted by molar-refractivity contribution is 0.0994. The molecule has 26 heavy (non-hydrogen) atoms. The Bertz CT molecular complexity index is 1100. The number of thiophene rings is 1. The molecule has 0 unspecified atom stereocenters. The largest absolute Gasteiger partial charge is 0.453 e. The zero-order chi connectivity index (χ0) is 17.5. The molecule has 0 saturated heterocycles. The molecule has 0 N–H and O–H groups in total. The molecular formula is C20H16N2O2S2. The first-order chi connectivity index (χ1) is 12.8. The second kappa shape index (κ2) is 6.52. The number of thioether (sulfide) groups is 1. The quantitative estimate of drug-likeness (QED) is 0.273. The van der Waals surface area contributed by atoms with Gasteiger partial charge in [0, 0.05) is 15.6 Å². The van der Waals surface area contributed by atoms with Crippen LogP contribution in [0.25, 0.3) is 21.2 Å². The van der Waals surface area contributed by atoms with Crippen molar-refractivity contribution in [1.82, 2.24) is 9.97 Å². The van der Waals surface area contributed by atoms with E-state index in [0.29, 0.717) is 11.5 Å². The topological polar surface area (TPSA) is 56.0 Å². The van der Waals surface area contributed by atoms with Crippen LogP contribution in [0.15, 0.2) is 46.1 Å². The average Bonchev–Trinajstić information content (AvgIpc) is 3.27. The summed E-state index contributed by atoms with van der Waals surface area (Å²) in [6, 6.07) is 9.50. The first-order valence-electron chi connectivity index (χ1n) is 8.69. The predicted octanol–water partition coefficient (Wildman–Crippen LogP) is 5.29. The minimum Gasteiger partial charge on any atom is -0.453 e. The SMILES string of the molecule is O=C(CSc1ncnc2sc3c(c12)CCCC3)c1cc2ccccc2o1. The van der Waals surface area contributed by atoms with Crippen LogP contribution >= 0.6 is 23.1 Å². The standard InChI is InChI=1S/C20H16N2O2S2/c23-14(16-9-12-5-1-3-7-15(12)24-16)10-25-19-18-13-6-2-4-8-17(13)26-20(18)22-11-21-19/h1,3,5,7,9,11H,2,4,6,8,10H2. The number of hydrogen-bond acceptors (Lipinski definition) is 6. The van der Waals surface area contributed by atoms with Gasteiger partial charge < -0.3 is 4.42 Å². The van der Waals surface area contributed by atoms with Crippen LogP contribution in [-0.2, 0) is 12.8 Å². The lowest BCUT2D eigenvalue weighted by Gasteiger charge is -2.11. The van der Waals surface area contributed by atoms with Crippen LogP contribution < -0.4 is 0 Å². The van der Waals surface area contributed by atoms with E-state index in [1.165, 1.54) is 35.0 Å². The number of benzene rings is 1. The van der Waals surface area contributed by atoms with Gasteiger partial charge in [0.2, 0.25) is 5.78 Å². The van der Waals surface area contributed by atoms with Crippen LogP contribution in [0.4, 0.5) is 0 Å². The molecule has 6 heteroatoms. The molecule has 130 valence electrons. The van der Waals surface area contributed by atoms with E-state index in [1.54, 1.807) is 17.7 Å². The van der Waals surface area contributed by atoms with E-state index < -0.39 is 0 Å². The predicted molar refractivity (Wildman–Crippen MR) is 105 cm³/mol. The van der Waals surface area contributed by atoms with Gasteiger partial charge in [0.1, 0.15) is 21.8 Å². The van der Waals surface area contributed by atoms with Crippen molar-refractivity contribution in [3.05, 3.63) is 52.9 Å². The van der Waals surface area contributed by atoms with Gasteiger partial charge in [0.25, 0.3) is 0 Å². The van der Waals surface area contributed by atoms with E-state index in [9.17, 15) is 4.79 Å². The number of Topliss-reactive ketones (excluding diaryl/α,β-unsaturated/α-hetero) is 1. The molecule has 0 saturated carbocycles. The lowest BCUT2D eigenvalue weighted by Crippen LogP contribution is -2.02. The Labute approximate surface area is 158 Å². The van der Waals surface area contributed by atoms with Gasteiger partial charge >= 0.3 is 0 Å². The van der Waals surface area contributed by atoms with E-state index in [-0.39, 0.29) is 5.78 Å². The number of nitrogens with zero attached hydrogens (tertiary/aromatic N) is 2. The fraction of sp³-hybridized carbons (Fsp3) is 0.250. The molecule has 0 atom stereocenters. The summed E-state index contributed by atoms with van der Waals surface area (Å²) in [6.45, 7) is 0. The van der Waals surface area contributed by atoms with Gasteiger partial charge in [0.05, 0.1) is 5.75 Å². The van der Waals surface area contributed by atoms with Crippen LogP contribution in [-0.4, -0.2) is 21.5 Å². The Morgan fingerprint density at radius 1 is 1.19 bits per heavy atom. The number of ketones is 1. The van der Waals surface area contributed by atoms with Gasteiger partial charge in [-0.25, -0.2) is 9.97 Å². The number of carbonyl (C=O) groups excluding carboxylic acids is 1. The number of aryl methyl sites for hydroxylation is 2. The third kappa shape index (κ3) is 2.73. The van der Waals surface area contributed by atoms with Gasteiger partial charge in [0.15, 0.2) is 5.76 Å². The van der Waals surface area contributed by atoms with Gasteiger partial charge in [-0.05, 0) is 43.4 Å². The summed E-state index contributed by atoms with van der Waals surface area (Å²) in [5, 5.41) is 3.03. The maximum atomic E-state index is 12.6. The van der Waals surface area contributed by atoms with E-state index in [2.05, 4.69) is 9.97 Å². The van der Waals surface area contributed by atoms with Crippen LogP contribution in [0.2, 0.25) is 0 Å². The summed E-state index contributed by atoms with van der Waals surface area (Å²) < 4.78 is 5.69. The number of carbonyl (C=O) groups is 1. The number of para-hydroxylation sites is 1. The van der Waals surface area contributed by atoms with Gasteiger partial charge in [-0.3, -0.25) is 4.79 Å². The smallest absolute Gasteiger partial charge is 0.208 e. The molecule has 0 aliphatic heterocycles. The normalized spacial score (nSPS) is 14.0. The number of fused-ring (bicyclic) bond motifs is 4. The van der Waals surface area contributed by atoms with Crippen LogP contribution in [0.5, 0.6) is 0 Å². The zero-order valence-corrected chi connectivity index (χ0v) is 15.7. The van der Waals surface area contributed by atoms with Crippen molar-refractivity contribution in [1.29, 1.82) is 0 Å². The molecule has 4 nitrogen and oxygen atoms in total. The Morgan fingerprint density at radius 3 is 3.00 bits per heavy atom. The fourth-order valence-corrected chi connectivity index (χ4v) is 5.68. The van der Waals surface area contributed by atoms with Gasteiger partial charge in [-0.15, -0.1) is 11.3 Å². The summed E-state index contributed by atoms with van der Waals surface area (Å²) in [5.41, 5.74) is 2.15. The summed E-state index contributed by atoms with van der Waals surface area (Å²) >= 11 is 3.27. The molecule has 4 aromatic rings. The average molecular weight is 380 g/mol. The van der Waals surface area contributed by atoms with Crippen LogP contribution in [0, 0.1) is 0 Å². The number of furan rings is 1. The van der Waals surface area contributed by atoms with Crippen LogP contribution in [0.3, 0.4) is 0 Å². The highest BCUT2D eigenvalue weighted by Gasteiger charge is 2.21. The molecule has 0 amide bonds. The Balaban J connectivity index is 1.42. The molecule has 0 spiro atoms. The maximum Gasteiger partial charge on any atom is 0.208 e. The van der Waals surface area contributed by atoms with E-state index in [4.69, 9.17) is 4.42 Å². The monoisotopic (exact) mass is 380 g/mol. The molecule has 1 aliphatic carbocycles. The molecule has 3 heterocycles. The number of hydrogen-bond donors (Lipinski definition) is 0. The van der Waals surface area contributed by atoms with E-state index >= 15 is 0 Å². The molecule has 0 fully saturated rings. The van der Waals surface area contributed by atoms with Crippen molar-refractivity contribution >= 4 is 50.1 Å². The number of rotatable bonds is 4. The first-order valence-corrected chi connectivity index (χ1v) is 10.5. The highest BCUT2D eigenvalue weighted by Crippen LogP contribution is 2.39. The lowest BCUT2D eigenvalue weighted by atomic mass is 9.97. The van der Waals surface area contributed by atoms with Gasteiger partial charge in [-0.2, -0.15) is 0 Å². The number of aromatic nitrogens is 2. The van der Waals surface area contributed by atoms with Crippen molar-refractivity contribution in [3.8, 4) is 0 Å². The second-order valence-corrected chi connectivity index (χ2v) is 8.48. The Morgan fingerprint density at radius 2 is 2.08 bits per heavy atom. The molecule has 0 bridgehead atoms. The molecule has 1 aromatic carbocycles. The first kappa shape index (κ1) is 16.0. The molecule has 3 aromatic heterocycles. The molecule has 5 rings (SSSR count). The molecule has 1 aliphatic rings. The Hall–Kier alpha value is -2.18. The van der Waals surface area contributed by atoms with E-state index in [0.717, 1.165) is 39.1 Å². The van der Waals surface area contributed by atoms with E-state index in [1.807, 2.05) is 30.3 Å². The molecule has 0 radical (unpaired) electrons. The highest BCUT2D eigenvalue weighted by atomic mass is 32.2. The third-order valence-corrected chi connectivity index (χ3v) is 6.95. The van der Waals surface area contributed by atoms with Crippen molar-refractivity contribution in [2.75, 3.05) is 5.75 Å². The van der Waals surface area contributed by atoms with Gasteiger partial charge in [-0.1, -0.05) is 30.0 Å². The second-order valence-electron chi connectivity index (χ2n) is 6.43. The van der Waals surface area contributed by atoms with Crippen molar-refractivity contribution in [2.24, 2.45) is 0 Å². The summed E-state index contributed by atoms with van der Waals surface area (Å²) in [7, 11) is 0. The van der Waals surface area contributed by atoms with Crippen molar-refractivity contribution < 1.29 is 9.21 Å². The summed E-state index contributed by atoms with van der Waals surface area (Å²) in [6.07, 6.45) is 6.31. The van der Waals surface area contributed by atoms with Crippen LogP contribution in [0.1, 0.15) is 33.8 Å². The minimum atomic E-state index is -0.0120. The van der Waals surface area contributed by atoms with Crippen molar-refractivity contribution in [3.63, 3.8) is 0 Å². The Kier molecular flexibility index (Phi) is 4.02.